The van der Waals surface area contributed by atoms with Crippen LogP contribution in [0.15, 0.2) is 18.2 Å². The number of ether oxygens (including phenoxy) is 1. The van der Waals surface area contributed by atoms with Crippen molar-refractivity contribution in [2.45, 2.75) is 38.5 Å². The van der Waals surface area contributed by atoms with E-state index < -0.39 is 5.97 Å². The first-order chi connectivity index (χ1) is 11.0. The number of carbonyl (C=O) groups excluding carboxylic acids is 2. The van der Waals surface area contributed by atoms with Gasteiger partial charge in [-0.1, -0.05) is 30.9 Å². The van der Waals surface area contributed by atoms with E-state index in [4.69, 9.17) is 17.3 Å². The quantitative estimate of drug-likeness (QED) is 0.768. The van der Waals surface area contributed by atoms with Gasteiger partial charge in [-0.25, -0.2) is 4.79 Å². The molecule has 0 atom stereocenters. The average Bonchev–Trinajstić information content (AvgIpc) is 2.55. The van der Waals surface area contributed by atoms with E-state index >= 15 is 0 Å². The molecular formula is C17H24Cl2N2O3. The molecule has 0 aromatic heterocycles. The van der Waals surface area contributed by atoms with Crippen LogP contribution in [0.5, 0.6) is 0 Å². The van der Waals surface area contributed by atoms with E-state index in [0.29, 0.717) is 18.7 Å². The first-order valence-electron chi connectivity index (χ1n) is 7.87. The molecule has 1 fully saturated rings. The third kappa shape index (κ3) is 5.10. The number of hydrogen-bond acceptors (Lipinski definition) is 4. The van der Waals surface area contributed by atoms with Gasteiger partial charge in [0.05, 0.1) is 17.7 Å². The topological polar surface area (TPSA) is 81.4 Å². The Morgan fingerprint density at radius 1 is 1.29 bits per heavy atom. The Bertz CT molecular complexity index is 587. The molecule has 0 bridgehead atoms. The number of rotatable bonds is 5. The molecule has 1 aromatic carbocycles. The van der Waals surface area contributed by atoms with Crippen LogP contribution in [0.1, 0.15) is 48.9 Å². The summed E-state index contributed by atoms with van der Waals surface area (Å²) >= 11 is 6.06. The minimum absolute atomic E-state index is 0. The van der Waals surface area contributed by atoms with Gasteiger partial charge in [-0.15, -0.1) is 12.4 Å². The van der Waals surface area contributed by atoms with Crippen LogP contribution < -0.4 is 11.1 Å². The molecule has 0 spiro atoms. The Labute approximate surface area is 153 Å². The van der Waals surface area contributed by atoms with E-state index in [-0.39, 0.29) is 34.3 Å². The normalized spacial score (nSPS) is 16.0. The molecule has 3 N–H and O–H groups in total. The highest BCUT2D eigenvalue weighted by Gasteiger charge is 2.33. The minimum Gasteiger partial charge on any atom is -0.465 e. The number of benzene rings is 1. The highest BCUT2D eigenvalue weighted by Crippen LogP contribution is 2.38. The summed E-state index contributed by atoms with van der Waals surface area (Å²) in [6.45, 7) is 0.530. The summed E-state index contributed by atoms with van der Waals surface area (Å²) in [5, 5.41) is 3.09. The third-order valence-corrected chi connectivity index (χ3v) is 4.85. The van der Waals surface area contributed by atoms with Crippen molar-refractivity contribution in [2.24, 2.45) is 11.1 Å². The van der Waals surface area contributed by atoms with E-state index in [1.807, 2.05) is 0 Å². The lowest BCUT2D eigenvalue weighted by Gasteiger charge is -2.35. The van der Waals surface area contributed by atoms with Crippen LogP contribution in [0.4, 0.5) is 5.69 Å². The monoisotopic (exact) mass is 374 g/mol. The summed E-state index contributed by atoms with van der Waals surface area (Å²) < 4.78 is 4.64. The van der Waals surface area contributed by atoms with Gasteiger partial charge < -0.3 is 15.8 Å². The van der Waals surface area contributed by atoms with Gasteiger partial charge in [0, 0.05) is 12.1 Å². The number of methoxy groups -OCH3 is 1. The first-order valence-corrected chi connectivity index (χ1v) is 8.25. The molecule has 1 amide bonds. The number of nitrogens with one attached hydrogen (secondary N) is 1. The van der Waals surface area contributed by atoms with Gasteiger partial charge in [0.15, 0.2) is 0 Å². The number of halogens is 2. The molecule has 0 saturated heterocycles. The first kappa shape index (κ1) is 20.7. The van der Waals surface area contributed by atoms with Crippen LogP contribution in [0, 0.1) is 5.41 Å². The number of hydrogen-bond donors (Lipinski definition) is 2. The van der Waals surface area contributed by atoms with Gasteiger partial charge in [0.2, 0.25) is 5.91 Å². The third-order valence-electron chi connectivity index (χ3n) is 4.54. The van der Waals surface area contributed by atoms with Crippen molar-refractivity contribution in [3.63, 3.8) is 0 Å². The summed E-state index contributed by atoms with van der Waals surface area (Å²) in [6.07, 6.45) is 5.89. The molecule has 0 unspecified atom stereocenters. The number of amides is 1. The standard InChI is InChI=1S/C17H23ClN2O3.ClH/c1-23-16(22)13-6-5-12(9-14(13)18)20-15(21)10-17(11-19)7-3-2-4-8-17;/h5-6,9H,2-4,7-8,10-11,19H2,1H3,(H,20,21);1H. The van der Waals surface area contributed by atoms with E-state index in [1.54, 1.807) is 18.2 Å². The van der Waals surface area contributed by atoms with Gasteiger partial charge in [-0.2, -0.15) is 0 Å². The molecule has 1 aliphatic rings. The summed E-state index contributed by atoms with van der Waals surface area (Å²) in [5.74, 6) is -0.573. The van der Waals surface area contributed by atoms with Crippen molar-refractivity contribution < 1.29 is 14.3 Å². The second kappa shape index (κ2) is 9.25. The second-order valence-corrected chi connectivity index (χ2v) is 6.58. The number of nitrogens with two attached hydrogens (primary N) is 1. The molecule has 7 heteroatoms. The van der Waals surface area contributed by atoms with Crippen molar-refractivity contribution in [3.8, 4) is 0 Å². The van der Waals surface area contributed by atoms with E-state index in [1.165, 1.54) is 13.5 Å². The Morgan fingerprint density at radius 3 is 2.50 bits per heavy atom. The highest BCUT2D eigenvalue weighted by atomic mass is 35.5. The number of carbonyl (C=O) groups is 2. The molecular weight excluding hydrogens is 351 g/mol. The van der Waals surface area contributed by atoms with Crippen LogP contribution in [-0.2, 0) is 9.53 Å². The van der Waals surface area contributed by atoms with E-state index in [2.05, 4.69) is 10.1 Å². The lowest BCUT2D eigenvalue weighted by atomic mass is 9.71. The fraction of sp³-hybridized carbons (Fsp3) is 0.529. The van der Waals surface area contributed by atoms with Crippen molar-refractivity contribution >= 4 is 41.6 Å². The Balaban J connectivity index is 0.00000288. The number of anilines is 1. The van der Waals surface area contributed by atoms with Crippen LogP contribution in [0.2, 0.25) is 5.02 Å². The molecule has 0 radical (unpaired) electrons. The van der Waals surface area contributed by atoms with Crippen LogP contribution in [0.25, 0.3) is 0 Å². The molecule has 5 nitrogen and oxygen atoms in total. The zero-order valence-electron chi connectivity index (χ0n) is 13.8. The summed E-state index contributed by atoms with van der Waals surface area (Å²) in [7, 11) is 1.30. The molecule has 24 heavy (non-hydrogen) atoms. The van der Waals surface area contributed by atoms with Crippen LogP contribution in [0.3, 0.4) is 0 Å². The van der Waals surface area contributed by atoms with Crippen molar-refractivity contribution in [1.82, 2.24) is 0 Å². The zero-order chi connectivity index (χ0) is 16.9. The molecule has 0 heterocycles. The van der Waals surface area contributed by atoms with E-state index in [0.717, 1.165) is 25.7 Å². The average molecular weight is 375 g/mol. The maximum Gasteiger partial charge on any atom is 0.339 e. The summed E-state index contributed by atoms with van der Waals surface area (Å²) in [5.41, 5.74) is 6.68. The summed E-state index contributed by atoms with van der Waals surface area (Å²) in [4.78, 5) is 23.8. The van der Waals surface area contributed by atoms with Gasteiger partial charge in [0.25, 0.3) is 0 Å². The van der Waals surface area contributed by atoms with Gasteiger partial charge >= 0.3 is 5.97 Å². The van der Waals surface area contributed by atoms with Crippen molar-refractivity contribution in [1.29, 1.82) is 0 Å². The SMILES string of the molecule is COC(=O)c1ccc(NC(=O)CC2(CN)CCCCC2)cc1Cl.Cl. The second-order valence-electron chi connectivity index (χ2n) is 6.18. The summed E-state index contributed by atoms with van der Waals surface area (Å²) in [6, 6.07) is 4.75. The fourth-order valence-electron chi connectivity index (χ4n) is 3.17. The molecule has 0 aliphatic heterocycles. The lowest BCUT2D eigenvalue weighted by Crippen LogP contribution is -2.36. The smallest absolute Gasteiger partial charge is 0.339 e. The number of esters is 1. The largest absolute Gasteiger partial charge is 0.465 e. The van der Waals surface area contributed by atoms with Crippen LogP contribution in [-0.4, -0.2) is 25.5 Å². The molecule has 134 valence electrons. The minimum atomic E-state index is -0.503. The maximum atomic E-state index is 12.3. The lowest BCUT2D eigenvalue weighted by molar-refractivity contribution is -0.118. The molecule has 2 rings (SSSR count). The predicted octanol–water partition coefficient (Wildman–Crippen LogP) is 3.79. The van der Waals surface area contributed by atoms with Crippen molar-refractivity contribution in [3.05, 3.63) is 28.8 Å². The fourth-order valence-corrected chi connectivity index (χ4v) is 3.43. The molecule has 1 aromatic rings. The van der Waals surface area contributed by atoms with Gasteiger partial charge in [-0.05, 0) is 43.0 Å². The predicted molar refractivity (Wildman–Crippen MR) is 97.9 cm³/mol. The zero-order valence-corrected chi connectivity index (χ0v) is 15.3. The Morgan fingerprint density at radius 2 is 1.96 bits per heavy atom. The molecule has 1 aliphatic carbocycles. The van der Waals surface area contributed by atoms with Gasteiger partial charge in [0.1, 0.15) is 0 Å². The highest BCUT2D eigenvalue weighted by molar-refractivity contribution is 6.34. The van der Waals surface area contributed by atoms with Gasteiger partial charge in [-0.3, -0.25) is 4.79 Å². The molecule has 1 saturated carbocycles. The Kier molecular flexibility index (Phi) is 8.00. The van der Waals surface area contributed by atoms with Crippen LogP contribution >= 0.6 is 24.0 Å². The van der Waals surface area contributed by atoms with E-state index in [9.17, 15) is 9.59 Å². The maximum absolute atomic E-state index is 12.3. The van der Waals surface area contributed by atoms with Crippen molar-refractivity contribution in [2.75, 3.05) is 19.0 Å². The Hall–Kier alpha value is -1.30.